The smallest absolute Gasteiger partial charge is 0.409 e. The number of benzene rings is 2. The monoisotopic (exact) mass is 783 g/mol. The van der Waals surface area contributed by atoms with Crippen molar-refractivity contribution in [3.8, 4) is 5.75 Å². The second kappa shape index (κ2) is 18.8. The lowest BCUT2D eigenvalue weighted by atomic mass is 9.78. The van der Waals surface area contributed by atoms with Crippen LogP contribution in [0.15, 0.2) is 46.9 Å². The van der Waals surface area contributed by atoms with Gasteiger partial charge in [-0.2, -0.15) is 0 Å². The molecular formula is C39H54BrN5O7. The molecule has 4 aliphatic heterocycles. The quantitative estimate of drug-likeness (QED) is 0.339. The standard InChI is InChI=1S/C23H33BrN2O4.C16H21N3O3/c1-16(13-17-3-4-21(27)20(24)14-17)23(29)26-11-7-19(8-12-26)18-5-9-25(10-6-18)15-22(28)30-2;1-22-16(21)18-9-7-13(8-10-18)19-11-6-12-4-2-3-5-14(12)17-15(19)20/h3-4,14,16,18-19,27H,5-13,15H2,1-2H3;2-5,13H,6-11H2,1H3,(H,17,20)/t16-;/m1./s1. The average molecular weight is 785 g/mol. The van der Waals surface area contributed by atoms with Gasteiger partial charge in [0.1, 0.15) is 5.75 Å². The van der Waals surface area contributed by atoms with Crippen molar-refractivity contribution in [1.82, 2.24) is 19.6 Å². The van der Waals surface area contributed by atoms with Crippen molar-refractivity contribution in [3.05, 3.63) is 58.1 Å². The third-order valence-electron chi connectivity index (χ3n) is 11.2. The van der Waals surface area contributed by atoms with Crippen LogP contribution >= 0.6 is 15.9 Å². The highest BCUT2D eigenvalue weighted by Gasteiger charge is 2.33. The summed E-state index contributed by atoms with van der Waals surface area (Å²) in [6.07, 6.45) is 7.23. The summed E-state index contributed by atoms with van der Waals surface area (Å²) in [6, 6.07) is 13.5. The van der Waals surface area contributed by atoms with Crippen molar-refractivity contribution in [1.29, 1.82) is 0 Å². The summed E-state index contributed by atoms with van der Waals surface area (Å²) in [6.45, 7) is 7.97. The Morgan fingerprint density at radius 3 is 2.13 bits per heavy atom. The number of anilines is 1. The van der Waals surface area contributed by atoms with E-state index >= 15 is 0 Å². The molecule has 0 spiro atoms. The molecule has 13 heteroatoms. The number of methoxy groups -OCH3 is 2. The molecule has 2 aromatic carbocycles. The van der Waals surface area contributed by atoms with E-state index in [-0.39, 0.29) is 41.7 Å². The summed E-state index contributed by atoms with van der Waals surface area (Å²) in [5.74, 6) is 1.59. The van der Waals surface area contributed by atoms with Crippen molar-refractivity contribution in [2.75, 3.05) is 71.9 Å². The predicted molar refractivity (Wildman–Crippen MR) is 202 cm³/mol. The molecule has 4 amide bonds. The zero-order chi connectivity index (χ0) is 37.2. The number of phenolic OH excluding ortho intramolecular Hbond substituents is 1. The second-order valence-corrected chi connectivity index (χ2v) is 15.3. The van der Waals surface area contributed by atoms with Crippen LogP contribution in [0.3, 0.4) is 0 Å². The van der Waals surface area contributed by atoms with Gasteiger partial charge in [-0.3, -0.25) is 14.5 Å². The van der Waals surface area contributed by atoms with Gasteiger partial charge in [-0.15, -0.1) is 0 Å². The normalized spacial score (nSPS) is 19.8. The molecule has 2 N–H and O–H groups in total. The molecule has 4 heterocycles. The number of halogens is 1. The Bertz CT molecular complexity index is 1530. The summed E-state index contributed by atoms with van der Waals surface area (Å²) in [4.78, 5) is 56.2. The van der Waals surface area contributed by atoms with Crippen LogP contribution in [0.25, 0.3) is 0 Å². The first-order valence-corrected chi connectivity index (χ1v) is 19.4. The van der Waals surface area contributed by atoms with Crippen molar-refractivity contribution in [2.24, 2.45) is 17.8 Å². The lowest BCUT2D eigenvalue weighted by Gasteiger charge is -2.40. The number of phenols is 1. The SMILES string of the molecule is COC(=O)CN1CCC(C2CCN(C(=O)[C@H](C)Cc3ccc(O)c(Br)c3)CC2)CC1.COC(=O)N1CCC(N2CCc3ccccc3NC2=O)CC1. The number of para-hydroxylation sites is 1. The van der Waals surface area contributed by atoms with E-state index in [2.05, 4.69) is 32.2 Å². The van der Waals surface area contributed by atoms with Crippen LogP contribution in [-0.4, -0.2) is 121 Å². The van der Waals surface area contributed by atoms with Crippen molar-refractivity contribution < 1.29 is 33.8 Å². The Hall–Kier alpha value is -3.84. The summed E-state index contributed by atoms with van der Waals surface area (Å²) >= 11 is 3.34. The fourth-order valence-electron chi connectivity index (χ4n) is 8.08. The molecule has 2 aromatic rings. The van der Waals surface area contributed by atoms with Gasteiger partial charge < -0.3 is 34.6 Å². The van der Waals surface area contributed by atoms with Gasteiger partial charge in [0.2, 0.25) is 5.91 Å². The van der Waals surface area contributed by atoms with E-state index in [1.165, 1.54) is 19.8 Å². The molecule has 4 aliphatic rings. The number of hydrogen-bond acceptors (Lipinski definition) is 8. The van der Waals surface area contributed by atoms with Crippen LogP contribution in [0.4, 0.5) is 15.3 Å². The van der Waals surface area contributed by atoms with Crippen LogP contribution in [0.2, 0.25) is 0 Å². The number of likely N-dealkylation sites (tertiary alicyclic amines) is 3. The molecule has 0 aliphatic carbocycles. The van der Waals surface area contributed by atoms with E-state index in [1.807, 2.05) is 47.1 Å². The minimum absolute atomic E-state index is 0.0403. The minimum atomic E-state index is -0.286. The number of aromatic hydroxyl groups is 1. The molecule has 0 saturated carbocycles. The van der Waals surface area contributed by atoms with Crippen LogP contribution in [0.1, 0.15) is 56.6 Å². The van der Waals surface area contributed by atoms with E-state index < -0.39 is 0 Å². The fourth-order valence-corrected chi connectivity index (χ4v) is 8.50. The van der Waals surface area contributed by atoms with Gasteiger partial charge in [-0.1, -0.05) is 31.2 Å². The molecule has 3 saturated heterocycles. The number of ether oxygens (including phenoxy) is 2. The Balaban J connectivity index is 0.000000210. The third kappa shape index (κ3) is 10.4. The summed E-state index contributed by atoms with van der Waals surface area (Å²) in [5.41, 5.74) is 3.13. The zero-order valence-corrected chi connectivity index (χ0v) is 32.3. The molecule has 284 valence electrons. The molecule has 0 bridgehead atoms. The number of urea groups is 1. The number of nitrogens with one attached hydrogen (secondary N) is 1. The van der Waals surface area contributed by atoms with E-state index in [4.69, 9.17) is 9.47 Å². The number of rotatable bonds is 7. The fraction of sp³-hybridized carbons (Fsp3) is 0.590. The second-order valence-electron chi connectivity index (χ2n) is 14.5. The summed E-state index contributed by atoms with van der Waals surface area (Å²) in [7, 11) is 2.84. The minimum Gasteiger partial charge on any atom is -0.507 e. The van der Waals surface area contributed by atoms with Crippen LogP contribution in [0.5, 0.6) is 5.75 Å². The van der Waals surface area contributed by atoms with Crippen LogP contribution in [-0.2, 0) is 31.9 Å². The van der Waals surface area contributed by atoms with Gasteiger partial charge in [0, 0.05) is 50.4 Å². The van der Waals surface area contributed by atoms with Crippen molar-refractivity contribution in [3.63, 3.8) is 0 Å². The molecule has 0 aromatic heterocycles. The number of amides is 4. The molecular weight excluding hydrogens is 730 g/mol. The zero-order valence-electron chi connectivity index (χ0n) is 30.7. The van der Waals surface area contributed by atoms with E-state index in [0.29, 0.717) is 48.9 Å². The topological polar surface area (TPSA) is 132 Å². The maximum Gasteiger partial charge on any atom is 0.409 e. The number of carbonyl (C=O) groups is 4. The Kier molecular flexibility index (Phi) is 14.2. The van der Waals surface area contributed by atoms with Gasteiger partial charge in [0.15, 0.2) is 0 Å². The summed E-state index contributed by atoms with van der Waals surface area (Å²) < 4.78 is 10.2. The first kappa shape index (κ1) is 39.4. The van der Waals surface area contributed by atoms with E-state index in [1.54, 1.807) is 11.0 Å². The average Bonchev–Trinajstić information content (AvgIpc) is 3.34. The number of nitrogens with zero attached hydrogens (tertiary/aromatic N) is 4. The van der Waals surface area contributed by atoms with E-state index in [9.17, 15) is 24.3 Å². The lowest BCUT2D eigenvalue weighted by molar-refractivity contribution is -0.142. The van der Waals surface area contributed by atoms with Gasteiger partial charge in [-0.05, 0) is 122 Å². The highest BCUT2D eigenvalue weighted by Crippen LogP contribution is 2.33. The van der Waals surface area contributed by atoms with Gasteiger partial charge in [0.25, 0.3) is 0 Å². The lowest BCUT2D eigenvalue weighted by Crippen LogP contribution is -2.50. The highest BCUT2D eigenvalue weighted by molar-refractivity contribution is 9.10. The largest absolute Gasteiger partial charge is 0.507 e. The molecule has 1 atom stereocenters. The number of fused-ring (bicyclic) bond motifs is 1. The maximum atomic E-state index is 12.9. The maximum absolute atomic E-state index is 12.9. The number of piperidine rings is 3. The van der Waals surface area contributed by atoms with Gasteiger partial charge in [0.05, 0.1) is 25.2 Å². The summed E-state index contributed by atoms with van der Waals surface area (Å²) in [5, 5.41) is 12.6. The van der Waals surface area contributed by atoms with Gasteiger partial charge in [-0.25, -0.2) is 9.59 Å². The third-order valence-corrected chi connectivity index (χ3v) is 11.8. The Labute approximate surface area is 315 Å². The van der Waals surface area contributed by atoms with Crippen LogP contribution in [0, 0.1) is 17.8 Å². The molecule has 0 radical (unpaired) electrons. The van der Waals surface area contributed by atoms with Gasteiger partial charge >= 0.3 is 18.1 Å². The van der Waals surface area contributed by atoms with Crippen LogP contribution < -0.4 is 5.32 Å². The molecule has 52 heavy (non-hydrogen) atoms. The predicted octanol–water partition coefficient (Wildman–Crippen LogP) is 5.76. The Morgan fingerprint density at radius 1 is 0.865 bits per heavy atom. The van der Waals surface area contributed by atoms with Crippen molar-refractivity contribution in [2.45, 2.75) is 64.3 Å². The number of hydrogen-bond donors (Lipinski definition) is 2. The van der Waals surface area contributed by atoms with Crippen molar-refractivity contribution >= 4 is 45.6 Å². The number of carbonyl (C=O) groups excluding carboxylic acids is 4. The molecule has 3 fully saturated rings. The molecule has 12 nitrogen and oxygen atoms in total. The Morgan fingerprint density at radius 2 is 1.50 bits per heavy atom. The highest BCUT2D eigenvalue weighted by atomic mass is 79.9. The first-order valence-electron chi connectivity index (χ1n) is 18.6. The van der Waals surface area contributed by atoms with E-state index in [0.717, 1.165) is 82.4 Å². The number of esters is 1. The first-order chi connectivity index (χ1) is 25.1. The molecule has 0 unspecified atom stereocenters. The molecule has 6 rings (SSSR count).